The van der Waals surface area contributed by atoms with E-state index in [0.29, 0.717) is 25.8 Å². The van der Waals surface area contributed by atoms with E-state index in [1.165, 1.54) is 19.0 Å². The van der Waals surface area contributed by atoms with Gasteiger partial charge in [0.1, 0.15) is 30.0 Å². The van der Waals surface area contributed by atoms with Gasteiger partial charge in [0, 0.05) is 74.2 Å². The van der Waals surface area contributed by atoms with Crippen LogP contribution in [0.3, 0.4) is 0 Å². The number of esters is 1. The molecule has 4 heterocycles. The minimum atomic E-state index is -1.45. The Bertz CT molecular complexity index is 1990. The molecule has 2 aromatic rings. The van der Waals surface area contributed by atoms with E-state index in [-0.39, 0.29) is 56.1 Å². The van der Waals surface area contributed by atoms with Crippen LogP contribution in [0.4, 0.5) is 4.79 Å². The van der Waals surface area contributed by atoms with Gasteiger partial charge in [-0.25, -0.2) is 15.2 Å². The van der Waals surface area contributed by atoms with Crippen LogP contribution in [0.5, 0.6) is 0 Å². The number of nitrogens with zero attached hydrogens (tertiary/aromatic N) is 3. The van der Waals surface area contributed by atoms with E-state index in [1.807, 2.05) is 77.0 Å². The van der Waals surface area contributed by atoms with Gasteiger partial charge in [0.15, 0.2) is 17.7 Å². The molecule has 71 heavy (non-hydrogen) atoms. The highest BCUT2D eigenvalue weighted by atomic mass is 16.7. The molecule has 0 bridgehead atoms. The van der Waals surface area contributed by atoms with Crippen LogP contribution in [0.25, 0.3) is 10.9 Å². The lowest BCUT2D eigenvalue weighted by Crippen LogP contribution is -2.61. The van der Waals surface area contributed by atoms with Crippen LogP contribution < -0.4 is 16.1 Å². The summed E-state index contributed by atoms with van der Waals surface area (Å²) in [5.74, 6) is -5.08. The van der Waals surface area contributed by atoms with E-state index in [4.69, 9.17) is 33.9 Å². The molecule has 1 amide bonds. The third kappa shape index (κ3) is 14.8. The number of aliphatic hydroxyl groups excluding tert-OH is 3. The first-order valence-corrected chi connectivity index (χ1v) is 25.9. The van der Waals surface area contributed by atoms with E-state index < -0.39 is 83.4 Å². The zero-order chi connectivity index (χ0) is 52.8. The number of carbonyl (C=O) groups is 4. The number of fused-ring (bicyclic) bond motifs is 2. The molecule has 3 aliphatic rings. The SMILES string of the molecule is CC[C@@H](CO)NCCN[C@@H](CC)CO.CC[C@H]1OC(=O)[C@H](C)C(=O)[C@H](C)[C@@H](O[C@@H]2O[C@H](C)C[C@H](N(C)C)[C@H]2O)[C@](C)(OC)C[C@@H](C)C(=O)[C@H](C)[C@H]2N(NCCCc3ccnc4ccccc34)C(=O)O[C@]12C. The summed E-state index contributed by atoms with van der Waals surface area (Å²) in [6.07, 6.45) is 0.805. The fourth-order valence-electron chi connectivity index (χ4n) is 10.6. The minimum absolute atomic E-state index is 0.117. The molecule has 18 heteroatoms. The van der Waals surface area contributed by atoms with Crippen molar-refractivity contribution in [1.29, 1.82) is 0 Å². The first kappa shape index (κ1) is 59.9. The third-order valence-corrected chi connectivity index (χ3v) is 15.1. The summed E-state index contributed by atoms with van der Waals surface area (Å²) in [5, 5.41) is 38.1. The lowest BCUT2D eigenvalue weighted by Gasteiger charge is -2.47. The number of para-hydroxylation sites is 1. The smallest absolute Gasteiger partial charge is 0.425 e. The summed E-state index contributed by atoms with van der Waals surface area (Å²) in [6.45, 7) is 20.4. The Morgan fingerprint density at radius 1 is 0.901 bits per heavy atom. The van der Waals surface area contributed by atoms with Crippen LogP contribution in [0, 0.1) is 23.7 Å². The van der Waals surface area contributed by atoms with Crippen molar-refractivity contribution < 1.29 is 58.2 Å². The Morgan fingerprint density at radius 2 is 1.54 bits per heavy atom. The Labute approximate surface area is 422 Å². The predicted molar refractivity (Wildman–Crippen MR) is 271 cm³/mol. The number of rotatable bonds is 19. The molecule has 1 aromatic carbocycles. The zero-order valence-corrected chi connectivity index (χ0v) is 44.8. The van der Waals surface area contributed by atoms with Crippen molar-refractivity contribution >= 4 is 34.5 Å². The minimum Gasteiger partial charge on any atom is -0.458 e. The molecule has 0 radical (unpaired) electrons. The number of hydrogen-bond acceptors (Lipinski definition) is 17. The maximum atomic E-state index is 14.7. The van der Waals surface area contributed by atoms with E-state index >= 15 is 0 Å². The maximum Gasteiger partial charge on any atom is 0.425 e. The molecule has 402 valence electrons. The second-order valence-electron chi connectivity index (χ2n) is 20.5. The molecule has 1 aromatic heterocycles. The number of pyridine rings is 1. The number of likely N-dealkylation sites (N-methyl/N-ethyl adjacent to an activating group) is 1. The van der Waals surface area contributed by atoms with E-state index in [1.54, 1.807) is 40.8 Å². The summed E-state index contributed by atoms with van der Waals surface area (Å²) >= 11 is 0. The molecular formula is C53H88N6O12. The highest BCUT2D eigenvalue weighted by Gasteiger charge is 2.61. The first-order valence-electron chi connectivity index (χ1n) is 25.9. The third-order valence-electron chi connectivity index (χ3n) is 15.1. The number of hydrazine groups is 1. The molecule has 0 saturated carbocycles. The number of ether oxygens (including phenoxy) is 5. The van der Waals surface area contributed by atoms with Crippen LogP contribution in [-0.4, -0.2) is 174 Å². The average molecular weight is 1000 g/mol. The Morgan fingerprint density at radius 3 is 2.11 bits per heavy atom. The number of cyclic esters (lactones) is 1. The number of amides is 1. The zero-order valence-electron chi connectivity index (χ0n) is 44.8. The summed E-state index contributed by atoms with van der Waals surface area (Å²) in [5.41, 5.74) is 2.57. The van der Waals surface area contributed by atoms with Crippen molar-refractivity contribution in [2.45, 2.75) is 180 Å². The monoisotopic (exact) mass is 1000 g/mol. The van der Waals surface area contributed by atoms with Crippen LogP contribution in [0.2, 0.25) is 0 Å². The quantitative estimate of drug-likeness (QED) is 0.0643. The van der Waals surface area contributed by atoms with Crippen molar-refractivity contribution in [3.05, 3.63) is 42.1 Å². The summed E-state index contributed by atoms with van der Waals surface area (Å²) in [7, 11) is 5.23. The molecular weight excluding hydrogens is 913 g/mol. The topological polar surface area (TPSA) is 231 Å². The summed E-state index contributed by atoms with van der Waals surface area (Å²) < 4.78 is 31.1. The number of nitrogens with one attached hydrogen (secondary N) is 3. The number of carbonyl (C=O) groups excluding carboxylic acids is 4. The number of Topliss-reactive ketones (excluding diaryl/α,β-unsaturated/α-hetero) is 2. The molecule has 0 unspecified atom stereocenters. The van der Waals surface area contributed by atoms with E-state index in [2.05, 4.69) is 21.0 Å². The van der Waals surface area contributed by atoms with Crippen LogP contribution >= 0.6 is 0 Å². The second-order valence-corrected chi connectivity index (χ2v) is 20.5. The number of hydrogen-bond donors (Lipinski definition) is 6. The molecule has 5 rings (SSSR count). The van der Waals surface area contributed by atoms with Crippen molar-refractivity contribution in [1.82, 2.24) is 31.0 Å². The van der Waals surface area contributed by atoms with E-state index in [0.717, 1.165) is 42.4 Å². The summed E-state index contributed by atoms with van der Waals surface area (Å²) in [6, 6.07) is 9.16. The number of aryl methyl sites for hydroxylation is 1. The van der Waals surface area contributed by atoms with Gasteiger partial charge >= 0.3 is 12.1 Å². The highest BCUT2D eigenvalue weighted by Crippen LogP contribution is 2.42. The van der Waals surface area contributed by atoms with Crippen LogP contribution in [0.1, 0.15) is 113 Å². The van der Waals surface area contributed by atoms with Gasteiger partial charge in [0.2, 0.25) is 0 Å². The van der Waals surface area contributed by atoms with Crippen molar-refractivity contribution in [2.75, 3.05) is 54.1 Å². The summed E-state index contributed by atoms with van der Waals surface area (Å²) in [4.78, 5) is 63.1. The van der Waals surface area contributed by atoms with Gasteiger partial charge in [-0.15, -0.1) is 0 Å². The molecule has 18 nitrogen and oxygen atoms in total. The number of aliphatic hydroxyl groups is 3. The fourth-order valence-corrected chi connectivity index (χ4v) is 10.6. The Balaban J connectivity index is 0.000000679. The van der Waals surface area contributed by atoms with Gasteiger partial charge in [-0.2, -0.15) is 0 Å². The number of benzene rings is 1. The molecule has 15 atom stereocenters. The highest BCUT2D eigenvalue weighted by molar-refractivity contribution is 6.00. The number of aromatic nitrogens is 1. The fraction of sp³-hybridized carbons (Fsp3) is 0.755. The molecule has 0 spiro atoms. The first-order chi connectivity index (χ1) is 33.7. The average Bonchev–Trinajstić information content (AvgIpc) is 3.62. The molecule has 3 saturated heterocycles. The lowest BCUT2D eigenvalue weighted by atomic mass is 9.73. The normalized spacial score (nSPS) is 32.9. The molecule has 3 aliphatic heterocycles. The molecule has 0 aliphatic carbocycles. The van der Waals surface area contributed by atoms with Gasteiger partial charge < -0.3 is 54.5 Å². The molecule has 3 fully saturated rings. The van der Waals surface area contributed by atoms with Crippen LogP contribution in [0.15, 0.2) is 36.5 Å². The molecule has 6 N–H and O–H groups in total. The van der Waals surface area contributed by atoms with Gasteiger partial charge in [-0.1, -0.05) is 59.7 Å². The Hall–Kier alpha value is -3.69. The van der Waals surface area contributed by atoms with Crippen molar-refractivity contribution in [3.63, 3.8) is 0 Å². The van der Waals surface area contributed by atoms with Gasteiger partial charge in [0.05, 0.1) is 36.5 Å². The van der Waals surface area contributed by atoms with Crippen molar-refractivity contribution in [3.8, 4) is 0 Å². The van der Waals surface area contributed by atoms with Crippen molar-refractivity contribution in [2.24, 2.45) is 23.7 Å². The van der Waals surface area contributed by atoms with Gasteiger partial charge in [-0.3, -0.25) is 19.4 Å². The number of methoxy groups -OCH3 is 1. The number of ketones is 2. The van der Waals surface area contributed by atoms with E-state index in [9.17, 15) is 24.3 Å². The Kier molecular flexibility index (Phi) is 23.2. The lowest BCUT2D eigenvalue weighted by molar-refractivity contribution is -0.295. The largest absolute Gasteiger partial charge is 0.458 e. The second kappa shape index (κ2) is 27.6. The maximum absolute atomic E-state index is 14.7. The van der Waals surface area contributed by atoms with Gasteiger partial charge in [0.25, 0.3) is 0 Å². The predicted octanol–water partition coefficient (Wildman–Crippen LogP) is 4.58. The van der Waals surface area contributed by atoms with Gasteiger partial charge in [-0.05, 0) is 104 Å². The standard InChI is InChI=1S/C43H64N4O10.C10H24N2O2/c1-12-33-43(8)37(47(41(52)57-43)45-20-15-16-29-19-21-44-31-18-14-13-17-30(29)31)26(4)34(48)24(2)23-42(7,53-11)38(27(5)35(49)28(6)39(51)55-33)56-40-36(50)32(46(9)10)22-25(3)54-40;1-3-9(7-13)11-5-6-12-10(4-2)8-14/h13-14,17-19,21,24-28,32-33,36-38,40,45,50H,12,15-16,20,22-23H2,1-11H3;9-14H,3-8H2,1-2H3/t24-,25-,26+,27+,28-,32+,33-,36-,37-,38-,40+,42-,43-;9-,10-/m10/s1. The van der Waals surface area contributed by atoms with Crippen LogP contribution in [-0.2, 0) is 44.5 Å².